The van der Waals surface area contributed by atoms with Crippen LogP contribution in [0.15, 0.2) is 24.3 Å². The third kappa shape index (κ3) is 3.51. The second-order valence-corrected chi connectivity index (χ2v) is 4.23. The Kier molecular flexibility index (Phi) is 3.69. The van der Waals surface area contributed by atoms with E-state index in [4.69, 9.17) is 4.74 Å². The van der Waals surface area contributed by atoms with Crippen molar-refractivity contribution in [3.05, 3.63) is 24.3 Å². The maximum Gasteiger partial charge on any atom is 0.306 e. The lowest BCUT2D eigenvalue weighted by Gasteiger charge is -2.17. The molecule has 0 aromatic carbocycles. The Morgan fingerprint density at radius 1 is 1.80 bits per heavy atom. The molecule has 2 atom stereocenters. The van der Waals surface area contributed by atoms with Crippen LogP contribution in [0.5, 0.6) is 0 Å². The number of cyclic esters (lactones) is 1. The molecular formula is C12H18O3. The largest absolute Gasteiger partial charge is 0.458 e. The minimum absolute atomic E-state index is 0.0990. The zero-order valence-electron chi connectivity index (χ0n) is 9.32. The highest BCUT2D eigenvalue weighted by Gasteiger charge is 2.24. The van der Waals surface area contributed by atoms with Gasteiger partial charge in [-0.05, 0) is 32.3 Å². The highest BCUT2D eigenvalue weighted by molar-refractivity contribution is 5.72. The molecule has 1 aliphatic heterocycles. The molecule has 0 unspecified atom stereocenters. The summed E-state index contributed by atoms with van der Waals surface area (Å²) >= 11 is 0. The van der Waals surface area contributed by atoms with Crippen LogP contribution in [-0.4, -0.2) is 22.8 Å². The fraction of sp³-hybridized carbons (Fsp3) is 0.583. The van der Waals surface area contributed by atoms with Crippen LogP contribution in [0.3, 0.4) is 0 Å². The van der Waals surface area contributed by atoms with Crippen LogP contribution in [0.4, 0.5) is 0 Å². The van der Waals surface area contributed by atoms with E-state index < -0.39 is 5.60 Å². The summed E-state index contributed by atoms with van der Waals surface area (Å²) < 4.78 is 5.11. The summed E-state index contributed by atoms with van der Waals surface area (Å²) in [7, 11) is 0. The number of rotatable bonds is 4. The van der Waals surface area contributed by atoms with Crippen LogP contribution in [0.25, 0.3) is 0 Å². The van der Waals surface area contributed by atoms with E-state index in [0.717, 1.165) is 12.0 Å². The fourth-order valence-corrected chi connectivity index (χ4v) is 1.43. The van der Waals surface area contributed by atoms with Crippen LogP contribution in [-0.2, 0) is 9.53 Å². The average molecular weight is 210 g/mol. The average Bonchev–Trinajstić information content (AvgIpc) is 2.61. The first-order valence-corrected chi connectivity index (χ1v) is 5.17. The van der Waals surface area contributed by atoms with E-state index in [0.29, 0.717) is 12.8 Å². The molecule has 0 aromatic heterocycles. The number of esters is 1. The number of hydrogen-bond donors (Lipinski definition) is 1. The first-order valence-electron chi connectivity index (χ1n) is 5.17. The SMILES string of the molecule is C=C[C@@](C)(O)C/C=C(\C)[C@@H]1CCC(=O)O1. The van der Waals surface area contributed by atoms with Gasteiger partial charge in [-0.2, -0.15) is 0 Å². The van der Waals surface area contributed by atoms with Crippen molar-refractivity contribution in [2.75, 3.05) is 0 Å². The summed E-state index contributed by atoms with van der Waals surface area (Å²) in [5, 5.41) is 9.70. The molecule has 1 heterocycles. The maximum absolute atomic E-state index is 10.9. The Labute approximate surface area is 90.4 Å². The quantitative estimate of drug-likeness (QED) is 0.570. The highest BCUT2D eigenvalue weighted by atomic mass is 16.5. The molecule has 1 rings (SSSR count). The Bertz CT molecular complexity index is 289. The number of carbonyl (C=O) groups excluding carboxylic acids is 1. The second-order valence-electron chi connectivity index (χ2n) is 4.23. The monoisotopic (exact) mass is 210 g/mol. The predicted octanol–water partition coefficient (Wildman–Crippen LogP) is 1.97. The topological polar surface area (TPSA) is 46.5 Å². The number of ether oxygens (including phenoxy) is 1. The molecule has 0 saturated carbocycles. The van der Waals surface area contributed by atoms with Gasteiger partial charge in [0.2, 0.25) is 0 Å². The fourth-order valence-electron chi connectivity index (χ4n) is 1.43. The summed E-state index contributed by atoms with van der Waals surface area (Å²) in [6.45, 7) is 7.17. The molecule has 0 spiro atoms. The third-order valence-electron chi connectivity index (χ3n) is 2.67. The molecule has 1 aliphatic rings. The lowest BCUT2D eigenvalue weighted by molar-refractivity contribution is -0.140. The van der Waals surface area contributed by atoms with E-state index in [1.165, 1.54) is 6.08 Å². The molecule has 3 nitrogen and oxygen atoms in total. The predicted molar refractivity (Wildman–Crippen MR) is 58.3 cm³/mol. The third-order valence-corrected chi connectivity index (χ3v) is 2.67. The molecule has 3 heteroatoms. The van der Waals surface area contributed by atoms with E-state index in [2.05, 4.69) is 6.58 Å². The van der Waals surface area contributed by atoms with Crippen molar-refractivity contribution in [1.29, 1.82) is 0 Å². The minimum Gasteiger partial charge on any atom is -0.458 e. The van der Waals surface area contributed by atoms with E-state index in [-0.39, 0.29) is 12.1 Å². The zero-order chi connectivity index (χ0) is 11.5. The van der Waals surface area contributed by atoms with Gasteiger partial charge < -0.3 is 9.84 Å². The molecule has 15 heavy (non-hydrogen) atoms. The molecule has 0 radical (unpaired) electrons. The molecule has 1 fully saturated rings. The van der Waals surface area contributed by atoms with E-state index in [9.17, 15) is 9.90 Å². The van der Waals surface area contributed by atoms with Gasteiger partial charge in [0.15, 0.2) is 0 Å². The van der Waals surface area contributed by atoms with Gasteiger partial charge in [0, 0.05) is 6.42 Å². The van der Waals surface area contributed by atoms with E-state index >= 15 is 0 Å². The smallest absolute Gasteiger partial charge is 0.306 e. The molecular weight excluding hydrogens is 192 g/mol. The van der Waals surface area contributed by atoms with E-state index in [1.54, 1.807) is 6.92 Å². The molecule has 0 aliphatic carbocycles. The van der Waals surface area contributed by atoms with Gasteiger partial charge in [0.05, 0.1) is 5.60 Å². The first-order chi connectivity index (χ1) is 6.94. The maximum atomic E-state index is 10.9. The first kappa shape index (κ1) is 12.0. The summed E-state index contributed by atoms with van der Waals surface area (Å²) in [6.07, 6.45) is 5.06. The van der Waals surface area contributed by atoms with Crippen LogP contribution in [0.1, 0.15) is 33.1 Å². The van der Waals surface area contributed by atoms with Crippen molar-refractivity contribution in [2.24, 2.45) is 0 Å². The summed E-state index contributed by atoms with van der Waals surface area (Å²) in [5.74, 6) is -0.136. The number of carbonyl (C=O) groups is 1. The Balaban J connectivity index is 2.53. The Morgan fingerprint density at radius 3 is 2.93 bits per heavy atom. The Hall–Kier alpha value is -1.09. The van der Waals surface area contributed by atoms with Crippen molar-refractivity contribution < 1.29 is 14.6 Å². The Morgan fingerprint density at radius 2 is 2.47 bits per heavy atom. The summed E-state index contributed by atoms with van der Waals surface area (Å²) in [6, 6.07) is 0. The van der Waals surface area contributed by atoms with Gasteiger partial charge in [0.1, 0.15) is 6.10 Å². The van der Waals surface area contributed by atoms with E-state index in [1.807, 2.05) is 13.0 Å². The van der Waals surface area contributed by atoms with Crippen molar-refractivity contribution >= 4 is 5.97 Å². The van der Waals surface area contributed by atoms with Crippen LogP contribution in [0, 0.1) is 0 Å². The lowest BCUT2D eigenvalue weighted by Crippen LogP contribution is -2.19. The number of hydrogen-bond acceptors (Lipinski definition) is 3. The van der Waals surface area contributed by atoms with Crippen molar-refractivity contribution in [1.82, 2.24) is 0 Å². The number of aliphatic hydroxyl groups is 1. The second kappa shape index (κ2) is 4.62. The minimum atomic E-state index is -0.885. The van der Waals surface area contributed by atoms with Gasteiger partial charge in [-0.1, -0.05) is 12.2 Å². The highest BCUT2D eigenvalue weighted by Crippen LogP contribution is 2.22. The standard InChI is InChI=1S/C12H18O3/c1-4-12(3,14)8-7-9(2)10-5-6-11(13)15-10/h4,7,10,14H,1,5-6,8H2,2-3H3/b9-7+/t10-,12+/m0/s1. The van der Waals surface area contributed by atoms with Gasteiger partial charge in [-0.15, -0.1) is 6.58 Å². The van der Waals surface area contributed by atoms with Gasteiger partial charge in [-0.3, -0.25) is 4.79 Å². The van der Waals surface area contributed by atoms with Crippen LogP contribution in [0.2, 0.25) is 0 Å². The molecule has 0 aromatic rings. The van der Waals surface area contributed by atoms with Crippen molar-refractivity contribution in [3.8, 4) is 0 Å². The van der Waals surface area contributed by atoms with Crippen LogP contribution < -0.4 is 0 Å². The van der Waals surface area contributed by atoms with Crippen LogP contribution >= 0.6 is 0 Å². The van der Waals surface area contributed by atoms with Crippen molar-refractivity contribution in [3.63, 3.8) is 0 Å². The summed E-state index contributed by atoms with van der Waals surface area (Å²) in [5.41, 5.74) is 0.118. The lowest BCUT2D eigenvalue weighted by atomic mass is 9.99. The molecule has 84 valence electrons. The molecule has 0 amide bonds. The molecule has 1 saturated heterocycles. The molecule has 1 N–H and O–H groups in total. The normalized spacial score (nSPS) is 25.9. The van der Waals surface area contributed by atoms with Gasteiger partial charge in [0.25, 0.3) is 0 Å². The summed E-state index contributed by atoms with van der Waals surface area (Å²) in [4.78, 5) is 10.9. The molecule has 0 bridgehead atoms. The van der Waals surface area contributed by atoms with Gasteiger partial charge in [-0.25, -0.2) is 0 Å². The van der Waals surface area contributed by atoms with Crippen molar-refractivity contribution in [2.45, 2.75) is 44.8 Å². The zero-order valence-corrected chi connectivity index (χ0v) is 9.32. The van der Waals surface area contributed by atoms with Gasteiger partial charge >= 0.3 is 5.97 Å².